The number of sulfonamides is 1. The van der Waals surface area contributed by atoms with Crippen molar-refractivity contribution in [2.75, 3.05) is 13.6 Å². The first-order valence-electron chi connectivity index (χ1n) is 11.5. The van der Waals surface area contributed by atoms with Crippen molar-refractivity contribution >= 4 is 27.7 Å². The van der Waals surface area contributed by atoms with Crippen LogP contribution in [-0.2, 0) is 32.6 Å². The Morgan fingerprint density at radius 2 is 1.58 bits per heavy atom. The highest BCUT2D eigenvalue weighted by Crippen LogP contribution is 2.30. The Morgan fingerprint density at radius 3 is 2.25 bits per heavy atom. The summed E-state index contributed by atoms with van der Waals surface area (Å²) in [6.45, 7) is 1.27. The van der Waals surface area contributed by atoms with E-state index in [9.17, 15) is 22.8 Å². The second-order valence-electron chi connectivity index (χ2n) is 8.58. The predicted molar refractivity (Wildman–Crippen MR) is 134 cm³/mol. The summed E-state index contributed by atoms with van der Waals surface area (Å²) in [6, 6.07) is 21.7. The van der Waals surface area contributed by atoms with Gasteiger partial charge in [-0.2, -0.15) is 0 Å². The average Bonchev–Trinajstić information content (AvgIpc) is 3.08. The molecule has 1 N–H and O–H groups in total. The molecule has 9 heteroatoms. The Kier molecular flexibility index (Phi) is 7.21. The van der Waals surface area contributed by atoms with Gasteiger partial charge in [0.25, 0.3) is 15.9 Å². The molecule has 36 heavy (non-hydrogen) atoms. The zero-order valence-electron chi connectivity index (χ0n) is 20.0. The van der Waals surface area contributed by atoms with Gasteiger partial charge >= 0.3 is 0 Å². The smallest absolute Gasteiger partial charge is 0.269 e. The van der Waals surface area contributed by atoms with Crippen molar-refractivity contribution < 1.29 is 22.8 Å². The first-order chi connectivity index (χ1) is 17.2. The summed E-state index contributed by atoms with van der Waals surface area (Å²) in [5.41, 5.74) is 2.60. The molecule has 0 aromatic heterocycles. The molecule has 1 aliphatic rings. The molecule has 1 atom stereocenters. The van der Waals surface area contributed by atoms with Crippen LogP contribution in [0.3, 0.4) is 0 Å². The van der Waals surface area contributed by atoms with Crippen molar-refractivity contribution in [3.05, 3.63) is 101 Å². The quantitative estimate of drug-likeness (QED) is 0.507. The monoisotopic (exact) mass is 505 g/mol. The zero-order chi connectivity index (χ0) is 25.9. The number of fused-ring (bicyclic) bond motifs is 1. The topological polar surface area (TPSA) is 104 Å². The molecule has 1 heterocycles. The average molecular weight is 506 g/mol. The molecule has 8 nitrogen and oxygen atoms in total. The van der Waals surface area contributed by atoms with Gasteiger partial charge in [0, 0.05) is 20.0 Å². The van der Waals surface area contributed by atoms with Crippen LogP contribution in [0, 0.1) is 6.92 Å². The fraction of sp³-hybridized carbons (Fsp3) is 0.222. The fourth-order valence-corrected chi connectivity index (χ4v) is 5.81. The van der Waals surface area contributed by atoms with E-state index < -0.39 is 34.4 Å². The van der Waals surface area contributed by atoms with Gasteiger partial charge in [-0.1, -0.05) is 66.7 Å². The third-order valence-electron chi connectivity index (χ3n) is 6.31. The molecule has 0 fully saturated rings. The zero-order valence-corrected chi connectivity index (χ0v) is 20.9. The number of likely N-dealkylation sites (N-methyl/N-ethyl adjacent to an activating group) is 1. The number of rotatable bonds is 8. The van der Waals surface area contributed by atoms with E-state index in [0.29, 0.717) is 4.31 Å². The van der Waals surface area contributed by atoms with Crippen LogP contribution in [0.5, 0.6) is 0 Å². The van der Waals surface area contributed by atoms with Crippen molar-refractivity contribution in [3.8, 4) is 0 Å². The highest BCUT2D eigenvalue weighted by molar-refractivity contribution is 7.90. The molecule has 0 saturated heterocycles. The predicted octanol–water partition coefficient (Wildman–Crippen LogP) is 2.53. The summed E-state index contributed by atoms with van der Waals surface area (Å²) in [5, 5.41) is 2.62. The highest BCUT2D eigenvalue weighted by Gasteiger charge is 2.43. The van der Waals surface area contributed by atoms with E-state index >= 15 is 0 Å². The SMILES string of the molecule is CNC(=O)C(Cc1ccccc1)N(Cc1ccccc1C)C(=O)CN1C(=O)c2ccccc2S1(=O)=O. The van der Waals surface area contributed by atoms with Crippen molar-refractivity contribution in [3.63, 3.8) is 0 Å². The second kappa shape index (κ2) is 10.3. The third kappa shape index (κ3) is 4.87. The number of benzene rings is 3. The van der Waals surface area contributed by atoms with Crippen LogP contribution in [0.25, 0.3) is 0 Å². The summed E-state index contributed by atoms with van der Waals surface area (Å²) < 4.78 is 26.7. The molecular weight excluding hydrogens is 478 g/mol. The van der Waals surface area contributed by atoms with Crippen LogP contribution in [0.1, 0.15) is 27.0 Å². The second-order valence-corrected chi connectivity index (χ2v) is 10.4. The minimum atomic E-state index is -4.18. The Hall–Kier alpha value is -3.98. The lowest BCUT2D eigenvalue weighted by Crippen LogP contribution is -2.52. The highest BCUT2D eigenvalue weighted by atomic mass is 32.2. The Bertz CT molecular complexity index is 1410. The largest absolute Gasteiger partial charge is 0.357 e. The molecule has 1 unspecified atom stereocenters. The van der Waals surface area contributed by atoms with E-state index in [-0.39, 0.29) is 29.3 Å². The van der Waals surface area contributed by atoms with E-state index in [4.69, 9.17) is 0 Å². The van der Waals surface area contributed by atoms with Gasteiger partial charge in [-0.05, 0) is 35.7 Å². The molecule has 4 rings (SSSR count). The van der Waals surface area contributed by atoms with Crippen molar-refractivity contribution in [2.45, 2.75) is 30.8 Å². The standard InChI is InChI=1S/C27H27N3O5S/c1-19-10-6-7-13-21(19)17-29(23(26(32)28-2)16-20-11-4-3-5-12-20)25(31)18-30-27(33)22-14-8-9-15-24(22)36(30,34)35/h3-15,23H,16-18H2,1-2H3,(H,28,32). The van der Waals surface area contributed by atoms with Gasteiger partial charge in [-0.15, -0.1) is 0 Å². The summed E-state index contributed by atoms with van der Waals surface area (Å²) in [4.78, 5) is 40.9. The Balaban J connectivity index is 1.71. The number of nitrogens with zero attached hydrogens (tertiary/aromatic N) is 2. The molecule has 0 spiro atoms. The molecule has 0 radical (unpaired) electrons. The number of aryl methyl sites for hydroxylation is 1. The van der Waals surface area contributed by atoms with Gasteiger partial charge < -0.3 is 10.2 Å². The molecule has 1 aliphatic heterocycles. The maximum absolute atomic E-state index is 13.7. The molecule has 0 bridgehead atoms. The lowest BCUT2D eigenvalue weighted by Gasteiger charge is -2.32. The molecule has 186 valence electrons. The van der Waals surface area contributed by atoms with Crippen LogP contribution < -0.4 is 5.32 Å². The number of nitrogens with one attached hydrogen (secondary N) is 1. The van der Waals surface area contributed by atoms with Crippen molar-refractivity contribution in [2.24, 2.45) is 0 Å². The molecular formula is C27H27N3O5S. The number of carbonyl (C=O) groups is 3. The Morgan fingerprint density at radius 1 is 0.944 bits per heavy atom. The van der Waals surface area contributed by atoms with Crippen LogP contribution in [-0.4, -0.2) is 55.0 Å². The number of hydrogen-bond donors (Lipinski definition) is 1. The summed E-state index contributed by atoms with van der Waals surface area (Å²) >= 11 is 0. The van der Waals surface area contributed by atoms with Crippen LogP contribution in [0.4, 0.5) is 0 Å². The fourth-order valence-electron chi connectivity index (χ4n) is 4.29. The van der Waals surface area contributed by atoms with Crippen LogP contribution in [0.15, 0.2) is 83.8 Å². The third-order valence-corrected chi connectivity index (χ3v) is 8.10. The van der Waals surface area contributed by atoms with E-state index in [2.05, 4.69) is 5.32 Å². The van der Waals surface area contributed by atoms with Gasteiger partial charge in [0.2, 0.25) is 11.8 Å². The van der Waals surface area contributed by atoms with E-state index in [1.54, 1.807) is 6.07 Å². The van der Waals surface area contributed by atoms with Gasteiger partial charge in [-0.25, -0.2) is 12.7 Å². The first kappa shape index (κ1) is 25.1. The number of hydrogen-bond acceptors (Lipinski definition) is 5. The normalized spacial score (nSPS) is 14.7. The van der Waals surface area contributed by atoms with Gasteiger partial charge in [0.05, 0.1) is 5.56 Å². The minimum absolute atomic E-state index is 0.0305. The number of amides is 3. The lowest BCUT2D eigenvalue weighted by atomic mass is 10.0. The van der Waals surface area contributed by atoms with E-state index in [0.717, 1.165) is 16.7 Å². The molecule has 3 aromatic rings. The van der Waals surface area contributed by atoms with E-state index in [1.165, 1.54) is 30.1 Å². The Labute approximate surface area is 210 Å². The summed E-state index contributed by atoms with van der Waals surface area (Å²) in [5.74, 6) is -1.79. The van der Waals surface area contributed by atoms with Gasteiger partial charge in [0.15, 0.2) is 0 Å². The maximum Gasteiger partial charge on any atom is 0.269 e. The van der Waals surface area contributed by atoms with E-state index in [1.807, 2.05) is 61.5 Å². The molecule has 0 saturated carbocycles. The minimum Gasteiger partial charge on any atom is -0.357 e. The summed E-state index contributed by atoms with van der Waals surface area (Å²) in [7, 11) is -2.69. The number of carbonyl (C=O) groups excluding carboxylic acids is 3. The molecule has 3 amide bonds. The van der Waals surface area contributed by atoms with Crippen LogP contribution >= 0.6 is 0 Å². The summed E-state index contributed by atoms with van der Waals surface area (Å²) in [6.07, 6.45) is 0.221. The van der Waals surface area contributed by atoms with Gasteiger partial charge in [-0.3, -0.25) is 14.4 Å². The van der Waals surface area contributed by atoms with Crippen LogP contribution in [0.2, 0.25) is 0 Å². The molecule has 3 aromatic carbocycles. The van der Waals surface area contributed by atoms with Crippen molar-refractivity contribution in [1.82, 2.24) is 14.5 Å². The maximum atomic E-state index is 13.7. The van der Waals surface area contributed by atoms with Crippen molar-refractivity contribution in [1.29, 1.82) is 0 Å². The van der Waals surface area contributed by atoms with Gasteiger partial charge in [0.1, 0.15) is 17.5 Å². The lowest BCUT2D eigenvalue weighted by molar-refractivity contribution is -0.141. The first-order valence-corrected chi connectivity index (χ1v) is 12.9. The molecule has 0 aliphatic carbocycles.